The van der Waals surface area contributed by atoms with Crippen molar-refractivity contribution in [3.63, 3.8) is 0 Å². The SMILES string of the molecule is C#CC(=O)N1[C@@H](c2ccc(F)cc2)C2=C(C[C@@H]1C#N)c1ccccc1C2. The molecule has 2 aromatic carbocycles. The lowest BCUT2D eigenvalue weighted by Crippen LogP contribution is -2.45. The Morgan fingerprint density at radius 1 is 1.19 bits per heavy atom. The van der Waals surface area contributed by atoms with Gasteiger partial charge in [0.2, 0.25) is 0 Å². The molecule has 26 heavy (non-hydrogen) atoms. The van der Waals surface area contributed by atoms with Gasteiger partial charge in [-0.25, -0.2) is 4.39 Å². The van der Waals surface area contributed by atoms with Gasteiger partial charge in [0, 0.05) is 6.42 Å². The first-order valence-electron chi connectivity index (χ1n) is 8.38. The lowest BCUT2D eigenvalue weighted by atomic mass is 9.85. The van der Waals surface area contributed by atoms with E-state index in [4.69, 9.17) is 6.42 Å². The molecule has 0 saturated carbocycles. The van der Waals surface area contributed by atoms with Crippen molar-refractivity contribution in [3.8, 4) is 18.4 Å². The smallest absolute Gasteiger partial charge is 0.300 e. The third-order valence-electron chi connectivity index (χ3n) is 5.15. The molecule has 0 spiro atoms. The van der Waals surface area contributed by atoms with Crippen molar-refractivity contribution < 1.29 is 9.18 Å². The quantitative estimate of drug-likeness (QED) is 0.743. The average molecular weight is 342 g/mol. The summed E-state index contributed by atoms with van der Waals surface area (Å²) in [6, 6.07) is 15.2. The van der Waals surface area contributed by atoms with Crippen LogP contribution in [0.4, 0.5) is 4.39 Å². The van der Waals surface area contributed by atoms with E-state index in [1.54, 1.807) is 12.1 Å². The van der Waals surface area contributed by atoms with Gasteiger partial charge in [0.25, 0.3) is 5.91 Å². The van der Waals surface area contributed by atoms with Crippen molar-refractivity contribution in [2.75, 3.05) is 0 Å². The molecule has 1 aliphatic heterocycles. The van der Waals surface area contributed by atoms with Crippen LogP contribution in [0.5, 0.6) is 0 Å². The molecule has 1 amide bonds. The van der Waals surface area contributed by atoms with Crippen molar-refractivity contribution >= 4 is 11.5 Å². The number of nitriles is 1. The number of rotatable bonds is 1. The van der Waals surface area contributed by atoms with Crippen LogP contribution < -0.4 is 0 Å². The van der Waals surface area contributed by atoms with Gasteiger partial charge in [-0.2, -0.15) is 5.26 Å². The summed E-state index contributed by atoms with van der Waals surface area (Å²) >= 11 is 0. The number of fused-ring (bicyclic) bond motifs is 2. The molecule has 3 nitrogen and oxygen atoms in total. The number of benzene rings is 2. The van der Waals surface area contributed by atoms with Crippen LogP contribution in [0.1, 0.15) is 29.2 Å². The lowest BCUT2D eigenvalue weighted by Gasteiger charge is -2.39. The van der Waals surface area contributed by atoms with Crippen LogP contribution >= 0.6 is 0 Å². The average Bonchev–Trinajstić information content (AvgIpc) is 3.05. The first kappa shape index (κ1) is 16.1. The van der Waals surface area contributed by atoms with Gasteiger partial charge in [0.1, 0.15) is 11.9 Å². The number of carbonyl (C=O) groups excluding carboxylic acids is 1. The summed E-state index contributed by atoms with van der Waals surface area (Å²) in [6.07, 6.45) is 6.53. The molecular weight excluding hydrogens is 327 g/mol. The van der Waals surface area contributed by atoms with Crippen molar-refractivity contribution in [1.82, 2.24) is 4.90 Å². The molecule has 2 aliphatic rings. The Balaban J connectivity index is 1.91. The Morgan fingerprint density at radius 3 is 2.62 bits per heavy atom. The van der Waals surface area contributed by atoms with Crippen LogP contribution in [0.25, 0.3) is 5.57 Å². The molecule has 0 fully saturated rings. The molecule has 0 unspecified atom stereocenters. The van der Waals surface area contributed by atoms with Gasteiger partial charge in [-0.05, 0) is 52.3 Å². The molecule has 1 aliphatic carbocycles. The fourth-order valence-electron chi connectivity index (χ4n) is 4.04. The van der Waals surface area contributed by atoms with Gasteiger partial charge < -0.3 is 4.90 Å². The third-order valence-corrected chi connectivity index (χ3v) is 5.15. The highest BCUT2D eigenvalue weighted by Crippen LogP contribution is 2.48. The van der Waals surface area contributed by atoms with Crippen LogP contribution in [0.15, 0.2) is 54.1 Å². The minimum Gasteiger partial charge on any atom is -0.305 e. The topological polar surface area (TPSA) is 44.1 Å². The number of amides is 1. The fourth-order valence-corrected chi connectivity index (χ4v) is 4.04. The zero-order valence-electron chi connectivity index (χ0n) is 13.9. The second kappa shape index (κ2) is 6.17. The second-order valence-corrected chi connectivity index (χ2v) is 6.50. The Morgan fingerprint density at radius 2 is 1.92 bits per heavy atom. The molecule has 126 valence electrons. The zero-order chi connectivity index (χ0) is 18.3. The normalized spacial score (nSPS) is 20.8. The van der Waals surface area contributed by atoms with Crippen molar-refractivity contribution in [2.45, 2.75) is 24.9 Å². The predicted molar refractivity (Wildman–Crippen MR) is 95.9 cm³/mol. The van der Waals surface area contributed by atoms with E-state index in [-0.39, 0.29) is 5.82 Å². The number of halogens is 1. The van der Waals surface area contributed by atoms with Crippen molar-refractivity contribution in [3.05, 3.63) is 76.6 Å². The van der Waals surface area contributed by atoms with E-state index in [0.29, 0.717) is 12.8 Å². The van der Waals surface area contributed by atoms with E-state index in [9.17, 15) is 14.4 Å². The molecular formula is C22H15FN2O. The van der Waals surface area contributed by atoms with Gasteiger partial charge in [0.05, 0.1) is 12.1 Å². The summed E-state index contributed by atoms with van der Waals surface area (Å²) in [5.41, 5.74) is 5.23. The summed E-state index contributed by atoms with van der Waals surface area (Å²) in [5, 5.41) is 9.69. The summed E-state index contributed by atoms with van der Waals surface area (Å²) in [5.74, 6) is 1.28. The van der Waals surface area contributed by atoms with Gasteiger partial charge >= 0.3 is 0 Å². The number of nitrogens with zero attached hydrogens (tertiary/aromatic N) is 2. The number of carbonyl (C=O) groups is 1. The minimum absolute atomic E-state index is 0.347. The molecule has 1 heterocycles. The summed E-state index contributed by atoms with van der Waals surface area (Å²) in [4.78, 5) is 14.0. The monoisotopic (exact) mass is 342 g/mol. The molecule has 0 N–H and O–H groups in total. The summed E-state index contributed by atoms with van der Waals surface area (Å²) in [7, 11) is 0. The maximum atomic E-state index is 13.4. The van der Waals surface area contributed by atoms with Gasteiger partial charge in [-0.1, -0.05) is 36.4 Å². The molecule has 4 rings (SSSR count). The second-order valence-electron chi connectivity index (χ2n) is 6.50. The lowest BCUT2D eigenvalue weighted by molar-refractivity contribution is -0.128. The molecule has 0 aromatic heterocycles. The molecule has 2 atom stereocenters. The number of terminal acetylenes is 1. The van der Waals surface area contributed by atoms with E-state index in [1.165, 1.54) is 22.6 Å². The molecule has 0 radical (unpaired) electrons. The van der Waals surface area contributed by atoms with E-state index in [1.807, 2.05) is 18.2 Å². The number of hydrogen-bond donors (Lipinski definition) is 0. The minimum atomic E-state index is -0.654. The highest BCUT2D eigenvalue weighted by Gasteiger charge is 2.42. The molecule has 0 saturated heterocycles. The van der Waals surface area contributed by atoms with Crippen LogP contribution in [-0.2, 0) is 11.2 Å². The van der Waals surface area contributed by atoms with Crippen LogP contribution in [0.3, 0.4) is 0 Å². The van der Waals surface area contributed by atoms with Crippen LogP contribution in [0.2, 0.25) is 0 Å². The van der Waals surface area contributed by atoms with Crippen LogP contribution in [-0.4, -0.2) is 16.8 Å². The fraction of sp³-hybridized carbons (Fsp3) is 0.182. The van der Waals surface area contributed by atoms with Crippen molar-refractivity contribution in [2.24, 2.45) is 0 Å². The third kappa shape index (κ3) is 2.39. The molecule has 2 aromatic rings. The van der Waals surface area contributed by atoms with Crippen LogP contribution in [0, 0.1) is 29.5 Å². The largest absolute Gasteiger partial charge is 0.305 e. The maximum Gasteiger partial charge on any atom is 0.300 e. The predicted octanol–water partition coefficient (Wildman–Crippen LogP) is 3.63. The number of hydrogen-bond acceptors (Lipinski definition) is 2. The summed E-state index contributed by atoms with van der Waals surface area (Å²) in [6.45, 7) is 0. The first-order valence-corrected chi connectivity index (χ1v) is 8.38. The summed E-state index contributed by atoms with van der Waals surface area (Å²) < 4.78 is 13.4. The highest BCUT2D eigenvalue weighted by atomic mass is 19.1. The highest BCUT2D eigenvalue weighted by molar-refractivity contribution is 5.95. The van der Waals surface area contributed by atoms with Crippen molar-refractivity contribution in [1.29, 1.82) is 5.26 Å². The van der Waals surface area contributed by atoms with Gasteiger partial charge in [-0.15, -0.1) is 6.42 Å². The van der Waals surface area contributed by atoms with E-state index in [2.05, 4.69) is 18.1 Å². The van der Waals surface area contributed by atoms with Gasteiger partial charge in [-0.3, -0.25) is 4.79 Å². The Bertz CT molecular complexity index is 1010. The first-order chi connectivity index (χ1) is 12.6. The van der Waals surface area contributed by atoms with E-state index < -0.39 is 18.0 Å². The Hall–Kier alpha value is -3.37. The molecule has 0 bridgehead atoms. The molecule has 4 heteroatoms. The standard InChI is InChI=1S/C22H15FN2O/c1-2-21(26)25-17(13-24)12-19-18-6-4-3-5-15(18)11-20(19)22(25)14-7-9-16(23)10-8-14/h1,3-10,17,22H,11-12H2/t17-,22+/m1/s1. The van der Waals surface area contributed by atoms with Gasteiger partial charge in [0.15, 0.2) is 0 Å². The maximum absolute atomic E-state index is 13.4. The van der Waals surface area contributed by atoms with E-state index >= 15 is 0 Å². The Kier molecular flexibility index (Phi) is 3.82. The van der Waals surface area contributed by atoms with E-state index in [0.717, 1.165) is 22.3 Å². The Labute approximate surface area is 151 Å². The zero-order valence-corrected chi connectivity index (χ0v) is 13.9.